The molecular weight excluding hydrogens is 460 g/mol. The molecule has 0 spiro atoms. The third-order valence-electron chi connectivity index (χ3n) is 6.59. The number of nitrogens with zero attached hydrogens (tertiary/aromatic N) is 2. The summed E-state index contributed by atoms with van der Waals surface area (Å²) >= 11 is 0. The summed E-state index contributed by atoms with van der Waals surface area (Å²) in [5, 5.41) is 2.75. The van der Waals surface area contributed by atoms with Crippen molar-refractivity contribution in [3.8, 4) is 0 Å². The summed E-state index contributed by atoms with van der Waals surface area (Å²) in [6.07, 6.45) is 27.9. The second kappa shape index (κ2) is 25.4. The molecular formula is C28H60N2O4S. The molecule has 7 heteroatoms. The van der Waals surface area contributed by atoms with Crippen molar-refractivity contribution < 1.29 is 17.0 Å². The van der Waals surface area contributed by atoms with Gasteiger partial charge in [-0.15, -0.1) is 0 Å². The lowest BCUT2D eigenvalue weighted by atomic mass is 10.1. The maximum absolute atomic E-state index is 12.1. The largest absolute Gasteiger partial charge is 0.432 e. The molecule has 0 saturated carbocycles. The Morgan fingerprint density at radius 3 is 0.914 bits per heavy atom. The van der Waals surface area contributed by atoms with Gasteiger partial charge in [0, 0.05) is 27.2 Å². The van der Waals surface area contributed by atoms with Crippen LogP contribution in [0.4, 0.5) is 0 Å². The molecule has 6 nitrogen and oxygen atoms in total. The van der Waals surface area contributed by atoms with Crippen LogP contribution in [-0.4, -0.2) is 45.7 Å². The molecule has 0 aliphatic heterocycles. The van der Waals surface area contributed by atoms with Crippen LogP contribution in [0.1, 0.15) is 155 Å². The quantitative estimate of drug-likeness (QED) is 0.0760. The first-order valence-corrected chi connectivity index (χ1v) is 16.3. The van der Waals surface area contributed by atoms with E-state index in [1.54, 1.807) is 14.1 Å². The van der Waals surface area contributed by atoms with Gasteiger partial charge in [0.15, 0.2) is 0 Å². The topological polar surface area (TPSA) is 59.1 Å². The van der Waals surface area contributed by atoms with Crippen LogP contribution in [0.5, 0.6) is 0 Å². The zero-order valence-electron chi connectivity index (χ0n) is 23.9. The fraction of sp³-hybridized carbons (Fsp3) is 1.00. The third kappa shape index (κ3) is 26.7. The van der Waals surface area contributed by atoms with Crippen LogP contribution < -0.4 is 0 Å². The van der Waals surface area contributed by atoms with E-state index in [4.69, 9.17) is 8.57 Å². The molecule has 0 atom stereocenters. The van der Waals surface area contributed by atoms with Crippen molar-refractivity contribution in [2.75, 3.05) is 27.2 Å². The Hall–Kier alpha value is -0.210. The van der Waals surface area contributed by atoms with Gasteiger partial charge in [-0.1, -0.05) is 142 Å². The average Bonchev–Trinajstić information content (AvgIpc) is 2.80. The van der Waals surface area contributed by atoms with Crippen LogP contribution in [0, 0.1) is 0 Å². The summed E-state index contributed by atoms with van der Waals surface area (Å²) in [6.45, 7) is 5.68. The molecule has 0 bridgehead atoms. The molecule has 0 rings (SSSR count). The molecule has 0 aromatic rings. The van der Waals surface area contributed by atoms with E-state index in [2.05, 4.69) is 13.8 Å². The van der Waals surface area contributed by atoms with E-state index in [0.29, 0.717) is 13.1 Å². The molecule has 0 fully saturated rings. The summed E-state index contributed by atoms with van der Waals surface area (Å²) in [7, 11) is -0.750. The number of hydrogen-bond donors (Lipinski definition) is 0. The molecule has 0 radical (unpaired) electrons. The van der Waals surface area contributed by atoms with Crippen molar-refractivity contribution in [1.29, 1.82) is 0 Å². The van der Waals surface area contributed by atoms with E-state index >= 15 is 0 Å². The standard InChI is InChI=1S/C28H60N2O4S/c1-5-7-9-11-13-15-17-19-21-23-25-27-29(3)33-35(31,32)34-30(4)28-26-24-22-20-18-16-14-12-10-8-6-2/h5-28H2,1-4H3. The highest BCUT2D eigenvalue weighted by atomic mass is 32.3. The second-order valence-corrected chi connectivity index (χ2v) is 11.4. The van der Waals surface area contributed by atoms with Gasteiger partial charge in [0.1, 0.15) is 0 Å². The lowest BCUT2D eigenvalue weighted by Crippen LogP contribution is -2.31. The van der Waals surface area contributed by atoms with Crippen molar-refractivity contribution in [2.24, 2.45) is 0 Å². The Kier molecular flexibility index (Phi) is 25.3. The molecule has 35 heavy (non-hydrogen) atoms. The van der Waals surface area contributed by atoms with E-state index in [9.17, 15) is 8.42 Å². The number of hydrogen-bond acceptors (Lipinski definition) is 6. The summed E-state index contributed by atoms with van der Waals surface area (Å²) in [6, 6.07) is 0. The Balaban J connectivity index is 3.61. The van der Waals surface area contributed by atoms with E-state index in [0.717, 1.165) is 25.7 Å². The first-order chi connectivity index (χ1) is 16.9. The van der Waals surface area contributed by atoms with Gasteiger partial charge in [0.25, 0.3) is 0 Å². The predicted molar refractivity (Wildman–Crippen MR) is 149 cm³/mol. The van der Waals surface area contributed by atoms with Crippen LogP contribution in [-0.2, 0) is 19.0 Å². The van der Waals surface area contributed by atoms with Crippen molar-refractivity contribution in [3.63, 3.8) is 0 Å². The van der Waals surface area contributed by atoms with Gasteiger partial charge in [-0.05, 0) is 12.8 Å². The smallest absolute Gasteiger partial charge is 0.172 e. The maximum atomic E-state index is 12.1. The molecule has 0 aliphatic rings. The third-order valence-corrected chi connectivity index (χ3v) is 7.46. The molecule has 0 N–H and O–H groups in total. The maximum Gasteiger partial charge on any atom is 0.432 e. The second-order valence-electron chi connectivity index (χ2n) is 10.3. The summed E-state index contributed by atoms with van der Waals surface area (Å²) < 4.78 is 34.4. The van der Waals surface area contributed by atoms with Gasteiger partial charge in [0.2, 0.25) is 0 Å². The van der Waals surface area contributed by atoms with E-state index in [1.807, 2.05) is 0 Å². The predicted octanol–water partition coefficient (Wildman–Crippen LogP) is 8.58. The van der Waals surface area contributed by atoms with Gasteiger partial charge < -0.3 is 0 Å². The minimum atomic E-state index is -4.06. The summed E-state index contributed by atoms with van der Waals surface area (Å²) in [5.74, 6) is 0. The van der Waals surface area contributed by atoms with E-state index < -0.39 is 10.4 Å². The molecule has 212 valence electrons. The Labute approximate surface area is 219 Å². The molecule has 0 saturated heterocycles. The molecule has 0 aliphatic carbocycles. The van der Waals surface area contributed by atoms with Gasteiger partial charge in [-0.3, -0.25) is 0 Å². The average molecular weight is 521 g/mol. The Morgan fingerprint density at radius 1 is 0.429 bits per heavy atom. The van der Waals surface area contributed by atoms with Gasteiger partial charge >= 0.3 is 10.4 Å². The number of hydroxylamine groups is 4. The van der Waals surface area contributed by atoms with E-state index in [-0.39, 0.29) is 0 Å². The van der Waals surface area contributed by atoms with Crippen molar-refractivity contribution in [2.45, 2.75) is 155 Å². The highest BCUT2D eigenvalue weighted by molar-refractivity contribution is 7.81. The summed E-state index contributed by atoms with van der Waals surface area (Å²) in [5.41, 5.74) is 0. The first kappa shape index (κ1) is 34.8. The molecule has 0 aromatic heterocycles. The molecule has 0 aromatic carbocycles. The van der Waals surface area contributed by atoms with Gasteiger partial charge in [-0.2, -0.15) is 27.1 Å². The van der Waals surface area contributed by atoms with Crippen molar-refractivity contribution in [3.05, 3.63) is 0 Å². The zero-order valence-corrected chi connectivity index (χ0v) is 24.7. The normalized spacial score (nSPS) is 12.3. The fourth-order valence-corrected chi connectivity index (χ4v) is 5.20. The van der Waals surface area contributed by atoms with Crippen LogP contribution in [0.2, 0.25) is 0 Å². The number of rotatable bonds is 28. The van der Waals surface area contributed by atoms with Gasteiger partial charge in [0.05, 0.1) is 0 Å². The lowest BCUT2D eigenvalue weighted by Gasteiger charge is -2.19. The minimum absolute atomic E-state index is 0.585. The fourth-order valence-electron chi connectivity index (χ4n) is 4.40. The van der Waals surface area contributed by atoms with Crippen molar-refractivity contribution >= 4 is 10.4 Å². The van der Waals surface area contributed by atoms with Gasteiger partial charge in [-0.25, -0.2) is 0 Å². The number of unbranched alkanes of at least 4 members (excludes halogenated alkanes) is 20. The molecule has 0 heterocycles. The SMILES string of the molecule is CCCCCCCCCCCCCN(C)OS(=O)(=O)ON(C)CCCCCCCCCCCCC. The van der Waals surface area contributed by atoms with Crippen LogP contribution in [0.3, 0.4) is 0 Å². The van der Waals surface area contributed by atoms with Crippen LogP contribution in [0.25, 0.3) is 0 Å². The first-order valence-electron chi connectivity index (χ1n) is 15.0. The summed E-state index contributed by atoms with van der Waals surface area (Å²) in [4.78, 5) is 0. The van der Waals surface area contributed by atoms with Crippen LogP contribution in [0.15, 0.2) is 0 Å². The highest BCUT2D eigenvalue weighted by Gasteiger charge is 2.19. The zero-order chi connectivity index (χ0) is 26.0. The Morgan fingerprint density at radius 2 is 0.657 bits per heavy atom. The highest BCUT2D eigenvalue weighted by Crippen LogP contribution is 2.13. The monoisotopic (exact) mass is 520 g/mol. The molecule has 0 amide bonds. The lowest BCUT2D eigenvalue weighted by molar-refractivity contribution is -0.0922. The van der Waals surface area contributed by atoms with Crippen molar-refractivity contribution in [1.82, 2.24) is 10.1 Å². The molecule has 0 unspecified atom stereocenters. The Bertz CT molecular complexity index is 491. The van der Waals surface area contributed by atoms with E-state index in [1.165, 1.54) is 126 Å². The minimum Gasteiger partial charge on any atom is -0.172 e. The van der Waals surface area contributed by atoms with Crippen LogP contribution >= 0.6 is 0 Å².